The Hall–Kier alpha value is -1.25. The van der Waals surface area contributed by atoms with Gasteiger partial charge in [-0.2, -0.15) is 26.3 Å². The summed E-state index contributed by atoms with van der Waals surface area (Å²) in [5, 5.41) is 0. The SMILES string of the molecule is O=P(OCCC(F)(F)F)(OCCC(F)(F)F)Oc1ccccc1. The number of phosphoric acid groups is 1. The maximum Gasteiger partial charge on any atom is 0.530 e. The van der Waals surface area contributed by atoms with Crippen LogP contribution in [0.15, 0.2) is 30.3 Å². The number of benzene rings is 1. The molecule has 0 aliphatic rings. The van der Waals surface area contributed by atoms with Crippen molar-refractivity contribution in [3.8, 4) is 5.75 Å². The Labute approximate surface area is 128 Å². The predicted molar refractivity (Wildman–Crippen MR) is 67.9 cm³/mol. The minimum absolute atomic E-state index is 0.0742. The van der Waals surface area contributed by atoms with Crippen molar-refractivity contribution in [3.05, 3.63) is 30.3 Å². The number of rotatable bonds is 8. The lowest BCUT2D eigenvalue weighted by molar-refractivity contribution is -0.142. The van der Waals surface area contributed by atoms with Gasteiger partial charge in [0.2, 0.25) is 0 Å². The van der Waals surface area contributed by atoms with Gasteiger partial charge in [-0.1, -0.05) is 18.2 Å². The summed E-state index contributed by atoms with van der Waals surface area (Å²) < 4.78 is 98.3. The van der Waals surface area contributed by atoms with E-state index in [-0.39, 0.29) is 5.75 Å². The molecule has 132 valence electrons. The highest BCUT2D eigenvalue weighted by Crippen LogP contribution is 2.50. The van der Waals surface area contributed by atoms with Crippen LogP contribution in [-0.2, 0) is 13.6 Å². The van der Waals surface area contributed by atoms with Gasteiger partial charge >= 0.3 is 20.2 Å². The molecule has 0 spiro atoms. The second-order valence-electron chi connectivity index (χ2n) is 4.25. The molecule has 23 heavy (non-hydrogen) atoms. The molecule has 0 heterocycles. The minimum atomic E-state index is -4.61. The molecule has 0 aliphatic carbocycles. The number of hydrogen-bond donors (Lipinski definition) is 0. The number of halogens is 6. The van der Waals surface area contributed by atoms with Gasteiger partial charge in [-0.25, -0.2) is 4.57 Å². The maximum absolute atomic E-state index is 12.2. The van der Waals surface area contributed by atoms with E-state index in [4.69, 9.17) is 4.52 Å². The third-order valence-electron chi connectivity index (χ3n) is 2.23. The average Bonchev–Trinajstić information content (AvgIpc) is 2.36. The molecule has 0 saturated carbocycles. The van der Waals surface area contributed by atoms with Gasteiger partial charge in [0, 0.05) is 0 Å². The normalized spacial score (nSPS) is 13.1. The van der Waals surface area contributed by atoms with Crippen molar-refractivity contribution in [2.45, 2.75) is 25.2 Å². The van der Waals surface area contributed by atoms with Crippen molar-refractivity contribution in [2.75, 3.05) is 13.2 Å². The summed E-state index contributed by atoms with van der Waals surface area (Å²) in [6.07, 6.45) is -12.1. The Balaban J connectivity index is 2.68. The predicted octanol–water partition coefficient (Wildman–Crippen LogP) is 5.11. The number of para-hydroxylation sites is 1. The second-order valence-corrected chi connectivity index (χ2v) is 5.84. The van der Waals surface area contributed by atoms with Crippen molar-refractivity contribution in [1.29, 1.82) is 0 Å². The molecular formula is C12H13F6O4P. The molecule has 4 nitrogen and oxygen atoms in total. The molecule has 0 bridgehead atoms. The van der Waals surface area contributed by atoms with E-state index in [1.807, 2.05) is 0 Å². The van der Waals surface area contributed by atoms with E-state index >= 15 is 0 Å². The largest absolute Gasteiger partial charge is 0.530 e. The fourth-order valence-electron chi connectivity index (χ4n) is 1.25. The van der Waals surface area contributed by atoms with Crippen molar-refractivity contribution in [3.63, 3.8) is 0 Å². The quantitative estimate of drug-likeness (QED) is 0.474. The third kappa shape index (κ3) is 9.47. The van der Waals surface area contributed by atoms with E-state index in [0.29, 0.717) is 0 Å². The molecule has 1 aromatic rings. The zero-order chi connectivity index (χ0) is 17.6. The first kappa shape index (κ1) is 19.8. The Morgan fingerprint density at radius 1 is 0.826 bits per heavy atom. The first-order chi connectivity index (χ1) is 10.5. The fourth-order valence-corrected chi connectivity index (χ4v) is 2.44. The molecule has 1 aromatic carbocycles. The van der Waals surface area contributed by atoms with Gasteiger partial charge in [-0.15, -0.1) is 0 Å². The minimum Gasteiger partial charge on any atom is -0.404 e. The van der Waals surface area contributed by atoms with E-state index in [2.05, 4.69) is 9.05 Å². The van der Waals surface area contributed by atoms with Gasteiger partial charge in [0.1, 0.15) is 5.75 Å². The molecule has 0 amide bonds. The molecular weight excluding hydrogens is 353 g/mol. The first-order valence-electron chi connectivity index (χ1n) is 6.26. The molecule has 0 N–H and O–H groups in total. The van der Waals surface area contributed by atoms with Crippen LogP contribution in [0, 0.1) is 0 Å². The summed E-state index contributed by atoms with van der Waals surface area (Å²) in [7, 11) is -4.61. The van der Waals surface area contributed by atoms with Crippen LogP contribution < -0.4 is 4.52 Å². The monoisotopic (exact) mass is 366 g/mol. The van der Waals surface area contributed by atoms with Crippen LogP contribution in [0.25, 0.3) is 0 Å². The summed E-state index contributed by atoms with van der Waals surface area (Å²) in [4.78, 5) is 0. The fraction of sp³-hybridized carbons (Fsp3) is 0.500. The van der Waals surface area contributed by atoms with Crippen LogP contribution in [0.2, 0.25) is 0 Å². The standard InChI is InChI=1S/C12H13F6O4P/c13-11(14,15)6-8-20-23(19,21-9-7-12(16,17)18)22-10-4-2-1-3-5-10/h1-5H,6-9H2. The van der Waals surface area contributed by atoms with Crippen LogP contribution in [0.4, 0.5) is 26.3 Å². The first-order valence-corrected chi connectivity index (χ1v) is 7.72. The Bertz CT molecular complexity index is 493. The van der Waals surface area contributed by atoms with E-state index < -0.39 is 46.2 Å². The summed E-state index contributed by atoms with van der Waals surface area (Å²) >= 11 is 0. The topological polar surface area (TPSA) is 44.8 Å². The summed E-state index contributed by atoms with van der Waals surface area (Å²) in [5.74, 6) is -0.0742. The highest BCUT2D eigenvalue weighted by Gasteiger charge is 2.35. The van der Waals surface area contributed by atoms with E-state index in [1.54, 1.807) is 6.07 Å². The highest BCUT2D eigenvalue weighted by molar-refractivity contribution is 7.48. The Kier molecular flexibility index (Phi) is 6.91. The summed E-state index contributed by atoms with van der Waals surface area (Å²) in [6, 6.07) is 7.10. The van der Waals surface area contributed by atoms with E-state index in [9.17, 15) is 30.9 Å². The van der Waals surface area contributed by atoms with Crippen LogP contribution in [0.1, 0.15) is 12.8 Å². The van der Waals surface area contributed by atoms with Gasteiger partial charge in [-0.3, -0.25) is 9.05 Å². The molecule has 1 rings (SSSR count). The summed E-state index contributed by atoms with van der Waals surface area (Å²) in [6.45, 7) is -2.14. The number of hydrogen-bond acceptors (Lipinski definition) is 4. The van der Waals surface area contributed by atoms with Gasteiger partial charge in [0.25, 0.3) is 0 Å². The van der Waals surface area contributed by atoms with Gasteiger partial charge in [0.05, 0.1) is 26.1 Å². The van der Waals surface area contributed by atoms with Gasteiger partial charge < -0.3 is 4.52 Å². The van der Waals surface area contributed by atoms with Crippen molar-refractivity contribution < 1.29 is 44.5 Å². The zero-order valence-corrected chi connectivity index (χ0v) is 12.5. The van der Waals surface area contributed by atoms with Crippen molar-refractivity contribution >= 4 is 7.82 Å². The smallest absolute Gasteiger partial charge is 0.404 e. The van der Waals surface area contributed by atoms with Crippen molar-refractivity contribution in [2.24, 2.45) is 0 Å². The lowest BCUT2D eigenvalue weighted by atomic mass is 10.3. The van der Waals surface area contributed by atoms with Crippen LogP contribution >= 0.6 is 7.82 Å². The molecule has 0 aromatic heterocycles. The third-order valence-corrected chi connectivity index (χ3v) is 3.66. The highest BCUT2D eigenvalue weighted by atomic mass is 31.2. The van der Waals surface area contributed by atoms with Crippen LogP contribution in [0.5, 0.6) is 5.75 Å². The molecule has 0 unspecified atom stereocenters. The number of alkyl halides is 6. The Morgan fingerprint density at radius 3 is 1.65 bits per heavy atom. The molecule has 0 radical (unpaired) electrons. The molecule has 0 saturated heterocycles. The Morgan fingerprint density at radius 2 is 1.26 bits per heavy atom. The summed E-state index contributed by atoms with van der Waals surface area (Å²) in [5.41, 5.74) is 0. The average molecular weight is 366 g/mol. The van der Waals surface area contributed by atoms with E-state index in [0.717, 1.165) is 0 Å². The molecule has 0 fully saturated rings. The van der Waals surface area contributed by atoms with Gasteiger partial charge in [-0.05, 0) is 12.1 Å². The molecule has 0 atom stereocenters. The van der Waals surface area contributed by atoms with E-state index in [1.165, 1.54) is 24.3 Å². The number of phosphoric ester groups is 1. The van der Waals surface area contributed by atoms with Gasteiger partial charge in [0.15, 0.2) is 0 Å². The maximum atomic E-state index is 12.2. The van der Waals surface area contributed by atoms with Crippen LogP contribution in [-0.4, -0.2) is 25.6 Å². The van der Waals surface area contributed by atoms with Crippen molar-refractivity contribution in [1.82, 2.24) is 0 Å². The molecule has 11 heteroatoms. The second kappa shape index (κ2) is 8.03. The molecule has 0 aliphatic heterocycles. The zero-order valence-electron chi connectivity index (χ0n) is 11.6. The lowest BCUT2D eigenvalue weighted by Crippen LogP contribution is -2.15. The van der Waals surface area contributed by atoms with Crippen LogP contribution in [0.3, 0.4) is 0 Å². The lowest BCUT2D eigenvalue weighted by Gasteiger charge is -2.19.